The molecule has 3 rings (SSSR count). The van der Waals surface area contributed by atoms with Crippen LogP contribution in [0.2, 0.25) is 0 Å². The summed E-state index contributed by atoms with van der Waals surface area (Å²) < 4.78 is 5.08. The summed E-state index contributed by atoms with van der Waals surface area (Å²) in [4.78, 5) is 24.0. The fourth-order valence-corrected chi connectivity index (χ4v) is 4.48. The molecule has 4 atom stereocenters. The first-order valence-corrected chi connectivity index (χ1v) is 9.53. The number of methoxy groups -OCH3 is 1. The van der Waals surface area contributed by atoms with E-state index >= 15 is 0 Å². The van der Waals surface area contributed by atoms with E-state index in [1.807, 2.05) is 0 Å². The number of urea groups is 1. The zero-order valence-corrected chi connectivity index (χ0v) is 15.6. The van der Waals surface area contributed by atoms with Crippen molar-refractivity contribution in [3.63, 3.8) is 0 Å². The first kappa shape index (κ1) is 18.5. The standard InChI is InChI=1S/C20H29N3O3/c1-13(18-12-14-3-4-15(18)11-14)22-19(24)9-10-21-20(25)23-16-5-7-17(26-2)8-6-16/h5-8,13-15,18H,3-4,9-12H2,1-2H3,(H,22,24)(H2,21,23,25)/t13-,14+,15+,18-/m1/s1. The molecule has 0 aromatic heterocycles. The van der Waals surface area contributed by atoms with Gasteiger partial charge in [-0.1, -0.05) is 6.42 Å². The molecule has 6 nitrogen and oxygen atoms in total. The number of carbonyl (C=O) groups excluding carboxylic acids is 2. The Balaban J connectivity index is 1.33. The summed E-state index contributed by atoms with van der Waals surface area (Å²) in [5.74, 6) is 3.04. The van der Waals surface area contributed by atoms with Crippen LogP contribution in [-0.2, 0) is 4.79 Å². The number of rotatable bonds is 7. The minimum Gasteiger partial charge on any atom is -0.497 e. The predicted molar refractivity (Wildman–Crippen MR) is 101 cm³/mol. The molecule has 26 heavy (non-hydrogen) atoms. The van der Waals surface area contributed by atoms with E-state index in [1.54, 1.807) is 31.4 Å². The molecule has 0 radical (unpaired) electrons. The molecule has 2 aliphatic carbocycles. The van der Waals surface area contributed by atoms with E-state index in [1.165, 1.54) is 25.7 Å². The second-order valence-corrected chi connectivity index (χ2v) is 7.55. The first-order valence-electron chi connectivity index (χ1n) is 9.53. The summed E-state index contributed by atoms with van der Waals surface area (Å²) in [5, 5.41) is 8.57. The third kappa shape index (κ3) is 4.68. The predicted octanol–water partition coefficient (Wildman–Crippen LogP) is 3.15. The zero-order chi connectivity index (χ0) is 18.5. The maximum absolute atomic E-state index is 12.1. The van der Waals surface area contributed by atoms with Gasteiger partial charge in [0.1, 0.15) is 5.75 Å². The van der Waals surface area contributed by atoms with Gasteiger partial charge in [-0.3, -0.25) is 4.79 Å². The Hall–Kier alpha value is -2.24. The number of benzene rings is 1. The van der Waals surface area contributed by atoms with Gasteiger partial charge in [-0.25, -0.2) is 4.79 Å². The van der Waals surface area contributed by atoms with Gasteiger partial charge in [0, 0.05) is 24.7 Å². The van der Waals surface area contributed by atoms with Crippen molar-refractivity contribution in [1.29, 1.82) is 0 Å². The maximum atomic E-state index is 12.1. The summed E-state index contributed by atoms with van der Waals surface area (Å²) >= 11 is 0. The van der Waals surface area contributed by atoms with Gasteiger partial charge in [0.15, 0.2) is 0 Å². The highest BCUT2D eigenvalue weighted by molar-refractivity contribution is 5.89. The first-order chi connectivity index (χ1) is 12.5. The van der Waals surface area contributed by atoms with Crippen LogP contribution in [0.25, 0.3) is 0 Å². The SMILES string of the molecule is COc1ccc(NC(=O)NCCC(=O)N[C@H](C)[C@H]2C[C@H]3CC[C@H]2C3)cc1. The lowest BCUT2D eigenvalue weighted by molar-refractivity contribution is -0.122. The fourth-order valence-electron chi connectivity index (χ4n) is 4.48. The molecule has 0 aliphatic heterocycles. The number of anilines is 1. The Labute approximate surface area is 155 Å². The lowest BCUT2D eigenvalue weighted by Gasteiger charge is -2.28. The van der Waals surface area contributed by atoms with Crippen LogP contribution in [0.15, 0.2) is 24.3 Å². The van der Waals surface area contributed by atoms with Crippen LogP contribution in [0.3, 0.4) is 0 Å². The number of ether oxygens (including phenoxy) is 1. The van der Waals surface area contributed by atoms with Crippen molar-refractivity contribution >= 4 is 17.6 Å². The molecule has 3 N–H and O–H groups in total. The molecule has 2 saturated carbocycles. The number of hydrogen-bond donors (Lipinski definition) is 3. The highest BCUT2D eigenvalue weighted by Gasteiger charge is 2.42. The Morgan fingerprint density at radius 2 is 1.96 bits per heavy atom. The van der Waals surface area contributed by atoms with Gasteiger partial charge >= 0.3 is 6.03 Å². The Kier molecular flexibility index (Phi) is 6.01. The smallest absolute Gasteiger partial charge is 0.319 e. The Morgan fingerprint density at radius 1 is 1.19 bits per heavy atom. The van der Waals surface area contributed by atoms with E-state index in [4.69, 9.17) is 4.74 Å². The maximum Gasteiger partial charge on any atom is 0.319 e. The minimum atomic E-state index is -0.316. The minimum absolute atomic E-state index is 0.00465. The van der Waals surface area contributed by atoms with Crippen molar-refractivity contribution in [3.05, 3.63) is 24.3 Å². The van der Waals surface area contributed by atoms with Crippen LogP contribution in [0.4, 0.5) is 10.5 Å². The van der Waals surface area contributed by atoms with E-state index in [0.717, 1.165) is 17.6 Å². The van der Waals surface area contributed by atoms with Crippen molar-refractivity contribution in [2.45, 2.75) is 45.1 Å². The fraction of sp³-hybridized carbons (Fsp3) is 0.600. The van der Waals surface area contributed by atoms with Gasteiger partial charge in [-0.05, 0) is 68.2 Å². The third-order valence-electron chi connectivity index (χ3n) is 5.81. The number of carbonyl (C=O) groups is 2. The summed E-state index contributed by atoms with van der Waals surface area (Å²) in [6.45, 7) is 2.43. The Bertz CT molecular complexity index is 632. The second kappa shape index (κ2) is 8.43. The van der Waals surface area contributed by atoms with E-state index in [0.29, 0.717) is 24.6 Å². The van der Waals surface area contributed by atoms with Gasteiger partial charge in [-0.2, -0.15) is 0 Å². The number of nitrogens with one attached hydrogen (secondary N) is 3. The van der Waals surface area contributed by atoms with E-state index in [2.05, 4.69) is 22.9 Å². The van der Waals surface area contributed by atoms with Crippen LogP contribution in [0.1, 0.15) is 39.0 Å². The number of hydrogen-bond acceptors (Lipinski definition) is 3. The molecule has 0 heterocycles. The molecule has 0 unspecified atom stereocenters. The van der Waals surface area contributed by atoms with Gasteiger partial charge in [0.05, 0.1) is 7.11 Å². The molecule has 0 spiro atoms. The summed E-state index contributed by atoms with van der Waals surface area (Å²) in [6, 6.07) is 7.00. The van der Waals surface area contributed by atoms with Crippen molar-refractivity contribution in [1.82, 2.24) is 10.6 Å². The van der Waals surface area contributed by atoms with Crippen LogP contribution in [-0.4, -0.2) is 31.6 Å². The summed E-state index contributed by atoms with van der Waals surface area (Å²) in [6.07, 6.45) is 5.59. The van der Waals surface area contributed by atoms with Crippen LogP contribution >= 0.6 is 0 Å². The molecule has 6 heteroatoms. The summed E-state index contributed by atoms with van der Waals surface area (Å²) in [5.41, 5.74) is 0.678. The molecule has 1 aromatic carbocycles. The molecule has 2 fully saturated rings. The quantitative estimate of drug-likeness (QED) is 0.700. The molecular formula is C20H29N3O3. The highest BCUT2D eigenvalue weighted by atomic mass is 16.5. The third-order valence-corrected chi connectivity index (χ3v) is 5.81. The monoisotopic (exact) mass is 359 g/mol. The highest BCUT2D eigenvalue weighted by Crippen LogP contribution is 2.49. The van der Waals surface area contributed by atoms with Crippen molar-refractivity contribution in [3.8, 4) is 5.75 Å². The van der Waals surface area contributed by atoms with E-state index in [-0.39, 0.29) is 18.0 Å². The normalized spacial score (nSPS) is 24.8. The van der Waals surface area contributed by atoms with Crippen LogP contribution < -0.4 is 20.7 Å². The van der Waals surface area contributed by atoms with E-state index < -0.39 is 0 Å². The molecule has 142 valence electrons. The van der Waals surface area contributed by atoms with Crippen LogP contribution in [0.5, 0.6) is 5.75 Å². The second-order valence-electron chi connectivity index (χ2n) is 7.55. The van der Waals surface area contributed by atoms with E-state index in [9.17, 15) is 9.59 Å². The van der Waals surface area contributed by atoms with Crippen molar-refractivity contribution in [2.75, 3.05) is 19.0 Å². The molecule has 3 amide bonds. The molecule has 2 bridgehead atoms. The molecule has 0 saturated heterocycles. The van der Waals surface area contributed by atoms with Crippen LogP contribution in [0, 0.1) is 17.8 Å². The topological polar surface area (TPSA) is 79.5 Å². The molecular weight excluding hydrogens is 330 g/mol. The average Bonchev–Trinajstić information content (AvgIpc) is 3.25. The van der Waals surface area contributed by atoms with Crippen molar-refractivity contribution < 1.29 is 14.3 Å². The summed E-state index contributed by atoms with van der Waals surface area (Å²) in [7, 11) is 1.60. The largest absolute Gasteiger partial charge is 0.497 e. The van der Waals surface area contributed by atoms with Gasteiger partial charge < -0.3 is 20.7 Å². The molecule has 2 aliphatic rings. The average molecular weight is 359 g/mol. The number of amides is 3. The lowest BCUT2D eigenvalue weighted by atomic mass is 9.84. The number of fused-ring (bicyclic) bond motifs is 2. The Morgan fingerprint density at radius 3 is 2.58 bits per heavy atom. The van der Waals surface area contributed by atoms with Crippen molar-refractivity contribution in [2.24, 2.45) is 17.8 Å². The molecule has 1 aromatic rings. The lowest BCUT2D eigenvalue weighted by Crippen LogP contribution is -2.41. The van der Waals surface area contributed by atoms with Gasteiger partial charge in [-0.15, -0.1) is 0 Å². The van der Waals surface area contributed by atoms with Gasteiger partial charge in [0.25, 0.3) is 0 Å². The van der Waals surface area contributed by atoms with Gasteiger partial charge in [0.2, 0.25) is 5.91 Å². The zero-order valence-electron chi connectivity index (χ0n) is 15.6.